The first-order chi connectivity index (χ1) is 6.61. The van der Waals surface area contributed by atoms with Crippen molar-refractivity contribution < 1.29 is 25.5 Å². The molecule has 5 N–H and O–H groups in total. The smallest absolute Gasteiger partial charge is 0.109 e. The Labute approximate surface area is 82.0 Å². The molecular weight excluding hydrogens is 190 g/mol. The van der Waals surface area contributed by atoms with Gasteiger partial charge < -0.3 is 25.5 Å². The molecule has 84 valence electrons. The molecule has 6 heteroatoms. The highest BCUT2D eigenvalue weighted by Gasteiger charge is 2.40. The average Bonchev–Trinajstić information content (AvgIpc) is 2.16. The minimum absolute atomic E-state index is 0.119. The number of aliphatic hydroxyl groups excluding tert-OH is 5. The van der Waals surface area contributed by atoms with Crippen molar-refractivity contribution in [3.8, 4) is 0 Å². The van der Waals surface area contributed by atoms with Crippen molar-refractivity contribution in [3.05, 3.63) is 0 Å². The third kappa shape index (κ3) is 2.22. The molecule has 0 aliphatic carbocycles. The molecule has 0 aromatic rings. The van der Waals surface area contributed by atoms with Crippen LogP contribution in [-0.2, 0) is 0 Å². The summed E-state index contributed by atoms with van der Waals surface area (Å²) in [7, 11) is 0. The van der Waals surface area contributed by atoms with E-state index >= 15 is 0 Å². The second kappa shape index (κ2) is 5.01. The highest BCUT2D eigenvalue weighted by Crippen LogP contribution is 2.18. The maximum atomic E-state index is 9.51. The van der Waals surface area contributed by atoms with Gasteiger partial charge in [-0.3, -0.25) is 4.90 Å². The SMILES string of the molecule is OCCN1CC(O)[C@@H](O)[C@@H](O)C1CO. The molecule has 2 unspecified atom stereocenters. The molecule has 0 radical (unpaired) electrons. The van der Waals surface area contributed by atoms with Crippen LogP contribution in [0.25, 0.3) is 0 Å². The lowest BCUT2D eigenvalue weighted by atomic mass is 9.94. The van der Waals surface area contributed by atoms with Crippen molar-refractivity contribution >= 4 is 0 Å². The molecule has 1 fully saturated rings. The Hall–Kier alpha value is -0.240. The Balaban J connectivity index is 2.66. The zero-order valence-electron chi connectivity index (χ0n) is 7.82. The van der Waals surface area contributed by atoms with E-state index in [1.165, 1.54) is 0 Å². The highest BCUT2D eigenvalue weighted by molar-refractivity contribution is 4.93. The number of aliphatic hydroxyl groups is 5. The van der Waals surface area contributed by atoms with E-state index in [-0.39, 0.29) is 26.3 Å². The number of likely N-dealkylation sites (tertiary alicyclic amines) is 1. The van der Waals surface area contributed by atoms with E-state index in [4.69, 9.17) is 10.2 Å². The van der Waals surface area contributed by atoms with Gasteiger partial charge in [0.1, 0.15) is 12.2 Å². The second-order valence-corrected chi connectivity index (χ2v) is 3.52. The first-order valence-electron chi connectivity index (χ1n) is 4.61. The Bertz CT molecular complexity index is 179. The lowest BCUT2D eigenvalue weighted by molar-refractivity contribution is -0.146. The minimum atomic E-state index is -1.23. The number of rotatable bonds is 3. The summed E-state index contributed by atoms with van der Waals surface area (Å²) in [4.78, 5) is 1.56. The predicted octanol–water partition coefficient (Wildman–Crippen LogP) is -3.26. The van der Waals surface area contributed by atoms with E-state index in [1.54, 1.807) is 4.90 Å². The molecule has 1 saturated heterocycles. The molecule has 14 heavy (non-hydrogen) atoms. The summed E-state index contributed by atoms with van der Waals surface area (Å²) in [6.45, 7) is -0.0347. The van der Waals surface area contributed by atoms with Crippen LogP contribution < -0.4 is 0 Å². The summed E-state index contributed by atoms with van der Waals surface area (Å²) >= 11 is 0. The number of hydrogen-bond donors (Lipinski definition) is 5. The molecule has 0 bridgehead atoms. The van der Waals surface area contributed by atoms with Gasteiger partial charge in [0, 0.05) is 13.1 Å². The maximum absolute atomic E-state index is 9.51. The third-order valence-electron chi connectivity index (χ3n) is 2.60. The maximum Gasteiger partial charge on any atom is 0.109 e. The molecule has 6 nitrogen and oxygen atoms in total. The van der Waals surface area contributed by atoms with Gasteiger partial charge in [0.2, 0.25) is 0 Å². The van der Waals surface area contributed by atoms with Crippen LogP contribution in [0, 0.1) is 0 Å². The van der Waals surface area contributed by atoms with Gasteiger partial charge in [-0.1, -0.05) is 0 Å². The van der Waals surface area contributed by atoms with Crippen LogP contribution in [0.4, 0.5) is 0 Å². The number of β-amino-alcohol motifs (C(OH)–C–C–N with tert-alkyl or cyclic N) is 2. The minimum Gasteiger partial charge on any atom is -0.395 e. The van der Waals surface area contributed by atoms with Crippen molar-refractivity contribution in [2.45, 2.75) is 24.4 Å². The molecule has 1 rings (SSSR count). The zero-order valence-corrected chi connectivity index (χ0v) is 7.82. The van der Waals surface area contributed by atoms with Crippen molar-refractivity contribution in [2.75, 3.05) is 26.3 Å². The largest absolute Gasteiger partial charge is 0.395 e. The molecule has 1 aliphatic rings. The van der Waals surface area contributed by atoms with Gasteiger partial charge >= 0.3 is 0 Å². The monoisotopic (exact) mass is 207 g/mol. The highest BCUT2D eigenvalue weighted by atomic mass is 16.4. The molecule has 0 spiro atoms. The molecule has 1 heterocycles. The molecule has 0 saturated carbocycles. The van der Waals surface area contributed by atoms with Crippen LogP contribution in [0.1, 0.15) is 0 Å². The Morgan fingerprint density at radius 2 is 1.71 bits per heavy atom. The van der Waals surface area contributed by atoms with Crippen molar-refractivity contribution in [1.29, 1.82) is 0 Å². The normalized spacial score (nSPS) is 40.1. The van der Waals surface area contributed by atoms with Crippen molar-refractivity contribution in [1.82, 2.24) is 4.90 Å². The Kier molecular flexibility index (Phi) is 4.24. The van der Waals surface area contributed by atoms with Gasteiger partial charge in [0.15, 0.2) is 0 Å². The third-order valence-corrected chi connectivity index (χ3v) is 2.60. The zero-order chi connectivity index (χ0) is 10.7. The van der Waals surface area contributed by atoms with E-state index in [2.05, 4.69) is 0 Å². The molecule has 0 amide bonds. The molecular formula is C8H17NO5. The fourth-order valence-corrected chi connectivity index (χ4v) is 1.76. The number of hydrogen-bond acceptors (Lipinski definition) is 6. The fraction of sp³-hybridized carbons (Fsp3) is 1.00. The van der Waals surface area contributed by atoms with Gasteiger partial charge in [0.05, 0.1) is 25.4 Å². The van der Waals surface area contributed by atoms with Gasteiger partial charge in [-0.15, -0.1) is 0 Å². The van der Waals surface area contributed by atoms with Gasteiger partial charge in [0.25, 0.3) is 0 Å². The lowest BCUT2D eigenvalue weighted by Crippen LogP contribution is -2.62. The van der Waals surface area contributed by atoms with Crippen LogP contribution in [0.15, 0.2) is 0 Å². The first-order valence-corrected chi connectivity index (χ1v) is 4.61. The van der Waals surface area contributed by atoms with Crippen LogP contribution >= 0.6 is 0 Å². The topological polar surface area (TPSA) is 104 Å². The number of nitrogens with zero attached hydrogens (tertiary/aromatic N) is 1. The summed E-state index contributed by atoms with van der Waals surface area (Å²) in [5, 5.41) is 45.9. The molecule has 0 aromatic heterocycles. The quantitative estimate of drug-likeness (QED) is 0.333. The van der Waals surface area contributed by atoms with Crippen LogP contribution in [0.2, 0.25) is 0 Å². The molecule has 1 aliphatic heterocycles. The molecule has 4 atom stereocenters. The summed E-state index contributed by atoms with van der Waals surface area (Å²) in [5.74, 6) is 0. The summed E-state index contributed by atoms with van der Waals surface area (Å²) in [6, 6.07) is -0.624. The average molecular weight is 207 g/mol. The second-order valence-electron chi connectivity index (χ2n) is 3.52. The van der Waals surface area contributed by atoms with Gasteiger partial charge in [-0.05, 0) is 0 Å². The van der Waals surface area contributed by atoms with E-state index in [0.717, 1.165) is 0 Å². The van der Waals surface area contributed by atoms with Gasteiger partial charge in [-0.25, -0.2) is 0 Å². The van der Waals surface area contributed by atoms with E-state index < -0.39 is 24.4 Å². The van der Waals surface area contributed by atoms with Crippen LogP contribution in [0.3, 0.4) is 0 Å². The number of piperidine rings is 1. The Morgan fingerprint density at radius 1 is 1.07 bits per heavy atom. The summed E-state index contributed by atoms with van der Waals surface area (Å²) in [6.07, 6.45) is -3.46. The fourth-order valence-electron chi connectivity index (χ4n) is 1.76. The molecule has 0 aromatic carbocycles. The van der Waals surface area contributed by atoms with Crippen molar-refractivity contribution in [2.24, 2.45) is 0 Å². The summed E-state index contributed by atoms with van der Waals surface area (Å²) in [5.41, 5.74) is 0. The van der Waals surface area contributed by atoms with E-state index in [0.29, 0.717) is 0 Å². The van der Waals surface area contributed by atoms with Crippen LogP contribution in [0.5, 0.6) is 0 Å². The summed E-state index contributed by atoms with van der Waals surface area (Å²) < 4.78 is 0. The lowest BCUT2D eigenvalue weighted by Gasteiger charge is -2.42. The van der Waals surface area contributed by atoms with E-state index in [1.807, 2.05) is 0 Å². The van der Waals surface area contributed by atoms with Crippen LogP contribution in [-0.4, -0.2) is 81.1 Å². The van der Waals surface area contributed by atoms with Gasteiger partial charge in [-0.2, -0.15) is 0 Å². The first kappa shape index (κ1) is 11.8. The predicted molar refractivity (Wildman–Crippen MR) is 47.6 cm³/mol. The standard InChI is InChI=1S/C8H17NO5/c10-2-1-9-3-6(12)8(14)7(13)5(9)4-11/h5-8,10-14H,1-4H2/t5?,6?,7-,8+/m0/s1. The van der Waals surface area contributed by atoms with Crippen molar-refractivity contribution in [3.63, 3.8) is 0 Å². The van der Waals surface area contributed by atoms with E-state index in [9.17, 15) is 15.3 Å². The Morgan fingerprint density at radius 3 is 2.21 bits per heavy atom.